The summed E-state index contributed by atoms with van der Waals surface area (Å²) in [4.78, 5) is 34.0. The highest BCUT2D eigenvalue weighted by Gasteiger charge is 2.19. The number of primary amides is 1. The molecule has 1 rings (SSSR count). The fourth-order valence-electron chi connectivity index (χ4n) is 1.35. The molecule has 104 valence electrons. The number of carboxylic acid groups (broad SMARTS) is 1. The molecule has 0 saturated heterocycles. The number of carbonyl (C=O) groups is 3. The standard InChI is InChI=1S/C10H15N5O4/c1-2-15-4-7(3-12-15)13-10(19)14(5-8(11)16)6-9(17)18/h3-4H,2,5-6H2,1H3,(H2,11,16)(H,13,19)(H,17,18). The van der Waals surface area contributed by atoms with Crippen molar-refractivity contribution in [1.82, 2.24) is 14.7 Å². The number of aliphatic carboxylic acids is 1. The molecule has 0 aliphatic rings. The molecule has 0 fully saturated rings. The number of hydrogen-bond acceptors (Lipinski definition) is 4. The van der Waals surface area contributed by atoms with Crippen LogP contribution in [0.5, 0.6) is 0 Å². The Hall–Kier alpha value is -2.58. The van der Waals surface area contributed by atoms with Gasteiger partial charge < -0.3 is 21.1 Å². The summed E-state index contributed by atoms with van der Waals surface area (Å²) in [5.74, 6) is -2.03. The van der Waals surface area contributed by atoms with Gasteiger partial charge in [-0.25, -0.2) is 4.79 Å². The maximum absolute atomic E-state index is 11.8. The third-order valence-corrected chi connectivity index (χ3v) is 2.17. The molecule has 9 heteroatoms. The van der Waals surface area contributed by atoms with Crippen molar-refractivity contribution in [2.45, 2.75) is 13.5 Å². The lowest BCUT2D eigenvalue weighted by atomic mass is 10.4. The summed E-state index contributed by atoms with van der Waals surface area (Å²) < 4.78 is 1.59. The molecule has 3 amide bonds. The van der Waals surface area contributed by atoms with Crippen molar-refractivity contribution in [2.75, 3.05) is 18.4 Å². The van der Waals surface area contributed by atoms with Crippen LogP contribution in [0.4, 0.5) is 10.5 Å². The van der Waals surface area contributed by atoms with Gasteiger partial charge in [-0.3, -0.25) is 14.3 Å². The van der Waals surface area contributed by atoms with Crippen molar-refractivity contribution < 1.29 is 19.5 Å². The lowest BCUT2D eigenvalue weighted by Crippen LogP contribution is -2.43. The van der Waals surface area contributed by atoms with Crippen LogP contribution in [0.25, 0.3) is 0 Å². The van der Waals surface area contributed by atoms with Gasteiger partial charge in [0.05, 0.1) is 11.9 Å². The molecule has 1 aromatic rings. The van der Waals surface area contributed by atoms with Gasteiger partial charge in [0.25, 0.3) is 0 Å². The van der Waals surface area contributed by atoms with Crippen LogP contribution in [0.3, 0.4) is 0 Å². The largest absolute Gasteiger partial charge is 0.480 e. The van der Waals surface area contributed by atoms with E-state index in [2.05, 4.69) is 10.4 Å². The third kappa shape index (κ3) is 4.66. The molecule has 4 N–H and O–H groups in total. The van der Waals surface area contributed by atoms with Gasteiger partial charge in [0.1, 0.15) is 13.1 Å². The van der Waals surface area contributed by atoms with E-state index in [0.29, 0.717) is 12.2 Å². The quantitative estimate of drug-likeness (QED) is 0.629. The molecule has 0 saturated carbocycles. The topological polar surface area (TPSA) is 131 Å². The number of rotatable bonds is 6. The fourth-order valence-corrected chi connectivity index (χ4v) is 1.35. The second kappa shape index (κ2) is 6.38. The van der Waals surface area contributed by atoms with E-state index < -0.39 is 31.0 Å². The molecule has 19 heavy (non-hydrogen) atoms. The van der Waals surface area contributed by atoms with Crippen molar-refractivity contribution in [3.63, 3.8) is 0 Å². The van der Waals surface area contributed by atoms with Crippen molar-refractivity contribution in [2.24, 2.45) is 5.73 Å². The highest BCUT2D eigenvalue weighted by molar-refractivity contribution is 5.93. The average Bonchev–Trinajstić information content (AvgIpc) is 2.74. The van der Waals surface area contributed by atoms with Crippen LogP contribution in [-0.4, -0.2) is 50.8 Å². The Balaban J connectivity index is 2.69. The fraction of sp³-hybridized carbons (Fsp3) is 0.400. The van der Waals surface area contributed by atoms with Crippen LogP contribution in [0.1, 0.15) is 6.92 Å². The van der Waals surface area contributed by atoms with Gasteiger partial charge in [0, 0.05) is 12.7 Å². The maximum Gasteiger partial charge on any atom is 0.323 e. The number of carboxylic acids is 1. The highest BCUT2D eigenvalue weighted by atomic mass is 16.4. The summed E-state index contributed by atoms with van der Waals surface area (Å²) in [6.45, 7) is 1.43. The number of aryl methyl sites for hydroxylation is 1. The number of aromatic nitrogens is 2. The SMILES string of the molecule is CCn1cc(NC(=O)N(CC(N)=O)CC(=O)O)cn1. The molecular weight excluding hydrogens is 254 g/mol. The van der Waals surface area contributed by atoms with E-state index in [1.54, 1.807) is 10.9 Å². The van der Waals surface area contributed by atoms with E-state index in [1.807, 2.05) is 6.92 Å². The summed E-state index contributed by atoms with van der Waals surface area (Å²) in [7, 11) is 0. The number of urea groups is 1. The first-order valence-electron chi connectivity index (χ1n) is 5.50. The zero-order valence-corrected chi connectivity index (χ0v) is 10.4. The molecular formula is C10H15N5O4. The van der Waals surface area contributed by atoms with E-state index in [4.69, 9.17) is 10.8 Å². The molecule has 0 unspecified atom stereocenters. The predicted molar refractivity (Wildman–Crippen MR) is 65.3 cm³/mol. The maximum atomic E-state index is 11.8. The van der Waals surface area contributed by atoms with Crippen molar-refractivity contribution in [3.05, 3.63) is 12.4 Å². The lowest BCUT2D eigenvalue weighted by molar-refractivity contribution is -0.137. The first-order valence-corrected chi connectivity index (χ1v) is 5.50. The van der Waals surface area contributed by atoms with Gasteiger partial charge in [-0.05, 0) is 6.92 Å². The lowest BCUT2D eigenvalue weighted by Gasteiger charge is -2.18. The highest BCUT2D eigenvalue weighted by Crippen LogP contribution is 2.06. The van der Waals surface area contributed by atoms with Crippen LogP contribution in [0.2, 0.25) is 0 Å². The van der Waals surface area contributed by atoms with Crippen molar-refractivity contribution >= 4 is 23.6 Å². The zero-order chi connectivity index (χ0) is 14.4. The Morgan fingerprint density at radius 1 is 1.47 bits per heavy atom. The van der Waals surface area contributed by atoms with Crippen LogP contribution in [0, 0.1) is 0 Å². The minimum absolute atomic E-state index is 0.409. The van der Waals surface area contributed by atoms with Crippen molar-refractivity contribution in [3.8, 4) is 0 Å². The van der Waals surface area contributed by atoms with E-state index in [-0.39, 0.29) is 0 Å². The summed E-state index contributed by atoms with van der Waals surface area (Å²) in [6.07, 6.45) is 3.01. The number of nitrogens with zero attached hydrogens (tertiary/aromatic N) is 3. The smallest absolute Gasteiger partial charge is 0.323 e. The Morgan fingerprint density at radius 3 is 2.63 bits per heavy atom. The van der Waals surface area contributed by atoms with Crippen molar-refractivity contribution in [1.29, 1.82) is 0 Å². The van der Waals surface area contributed by atoms with Crippen LogP contribution in [-0.2, 0) is 16.1 Å². The molecule has 0 spiro atoms. The number of hydrogen-bond donors (Lipinski definition) is 3. The summed E-state index contributed by atoms with van der Waals surface area (Å²) in [6, 6.07) is -0.725. The van der Waals surface area contributed by atoms with E-state index in [1.165, 1.54) is 6.20 Å². The monoisotopic (exact) mass is 269 g/mol. The van der Waals surface area contributed by atoms with Crippen LogP contribution < -0.4 is 11.1 Å². The van der Waals surface area contributed by atoms with Gasteiger partial charge in [-0.2, -0.15) is 5.10 Å². The zero-order valence-electron chi connectivity index (χ0n) is 10.4. The molecule has 1 heterocycles. The van der Waals surface area contributed by atoms with Gasteiger partial charge in [-0.15, -0.1) is 0 Å². The number of anilines is 1. The summed E-state index contributed by atoms with van der Waals surface area (Å²) in [5, 5.41) is 15.0. The second-order valence-corrected chi connectivity index (χ2v) is 3.73. The Kier molecular flexibility index (Phi) is 4.86. The average molecular weight is 269 g/mol. The third-order valence-electron chi connectivity index (χ3n) is 2.17. The van der Waals surface area contributed by atoms with Gasteiger partial charge in [-0.1, -0.05) is 0 Å². The Morgan fingerprint density at radius 2 is 2.16 bits per heavy atom. The predicted octanol–water partition coefficient (Wildman–Crippen LogP) is -0.693. The molecule has 0 aromatic carbocycles. The first kappa shape index (κ1) is 14.5. The molecule has 0 radical (unpaired) electrons. The van der Waals surface area contributed by atoms with E-state index >= 15 is 0 Å². The first-order chi connectivity index (χ1) is 8.92. The van der Waals surface area contributed by atoms with E-state index in [9.17, 15) is 14.4 Å². The number of nitrogens with one attached hydrogen (secondary N) is 1. The Bertz CT molecular complexity index is 468. The number of nitrogens with two attached hydrogens (primary N) is 1. The second-order valence-electron chi connectivity index (χ2n) is 3.73. The van der Waals surface area contributed by atoms with Gasteiger partial charge in [0.15, 0.2) is 0 Å². The van der Waals surface area contributed by atoms with Crippen LogP contribution >= 0.6 is 0 Å². The minimum Gasteiger partial charge on any atom is -0.480 e. The summed E-state index contributed by atoms with van der Waals surface area (Å²) >= 11 is 0. The molecule has 1 aromatic heterocycles. The van der Waals surface area contributed by atoms with Crippen LogP contribution in [0.15, 0.2) is 12.4 Å². The Labute approximate surface area is 109 Å². The molecule has 0 aliphatic heterocycles. The summed E-state index contributed by atoms with van der Waals surface area (Å²) in [5.41, 5.74) is 5.36. The molecule has 9 nitrogen and oxygen atoms in total. The molecule has 0 atom stereocenters. The number of carbonyl (C=O) groups excluding carboxylic acids is 2. The van der Waals surface area contributed by atoms with E-state index in [0.717, 1.165) is 4.90 Å². The minimum atomic E-state index is -1.24. The molecule has 0 aliphatic carbocycles. The molecule has 0 bridgehead atoms. The number of amides is 3. The normalized spacial score (nSPS) is 9.95. The van der Waals surface area contributed by atoms with Gasteiger partial charge in [0.2, 0.25) is 5.91 Å². The van der Waals surface area contributed by atoms with Gasteiger partial charge >= 0.3 is 12.0 Å².